The molecule has 0 aliphatic heterocycles. The van der Waals surface area contributed by atoms with Crippen molar-refractivity contribution < 1.29 is 5.11 Å². The molecule has 0 amide bonds. The monoisotopic (exact) mass is 252 g/mol. The largest absolute Gasteiger partial charge is 0.380 e. The van der Waals surface area contributed by atoms with Crippen molar-refractivity contribution in [1.29, 1.82) is 0 Å². The number of thiophene rings is 1. The fourth-order valence-corrected chi connectivity index (χ4v) is 3.72. The lowest BCUT2D eigenvalue weighted by atomic mass is 10.5. The fraction of sp³-hybridized carbons (Fsp3) is 0.429. The van der Waals surface area contributed by atoms with E-state index in [4.69, 9.17) is 0 Å². The van der Waals surface area contributed by atoms with Gasteiger partial charge in [-0.15, -0.1) is 11.3 Å². The highest BCUT2D eigenvalue weighted by Crippen LogP contribution is 2.36. The van der Waals surface area contributed by atoms with Crippen LogP contribution < -0.4 is 0 Å². The van der Waals surface area contributed by atoms with Crippen molar-refractivity contribution in [2.75, 3.05) is 0 Å². The van der Waals surface area contributed by atoms with Gasteiger partial charge >= 0.3 is 0 Å². The van der Waals surface area contributed by atoms with Gasteiger partial charge in [-0.2, -0.15) is 0 Å². The Morgan fingerprint density at radius 3 is 2.55 bits per heavy atom. The quantitative estimate of drug-likeness (QED) is 0.644. The summed E-state index contributed by atoms with van der Waals surface area (Å²) in [6.07, 6.45) is 0. The van der Waals surface area contributed by atoms with Crippen LogP contribution in [0.5, 0.6) is 0 Å². The topological polar surface area (TPSA) is 20.2 Å². The maximum atomic E-state index is 9.43. The van der Waals surface area contributed by atoms with Crippen LogP contribution in [0.2, 0.25) is 0 Å². The Hall–Kier alpha value is 0.490. The maximum Gasteiger partial charge on any atom is 0.110 e. The van der Waals surface area contributed by atoms with Gasteiger partial charge in [0.25, 0.3) is 0 Å². The first-order chi connectivity index (χ1) is 4.97. The predicted octanol–water partition coefficient (Wildman–Crippen LogP) is 3.33. The molecular weight excluding hydrogens is 244 g/mol. The average Bonchev–Trinajstić information content (AvgIpc) is 2.10. The second-order valence-corrected chi connectivity index (χ2v) is 6.97. The van der Waals surface area contributed by atoms with Crippen LogP contribution in [-0.2, 0) is 0 Å². The Kier molecular flexibility index (Phi) is 3.02. The van der Waals surface area contributed by atoms with Crippen LogP contribution in [0.25, 0.3) is 0 Å². The molecule has 0 saturated carbocycles. The first-order valence-corrected chi connectivity index (χ1v) is 5.57. The molecule has 0 radical (unpaired) electrons. The van der Waals surface area contributed by atoms with Crippen LogP contribution in [0.1, 0.15) is 13.8 Å². The molecule has 0 fully saturated rings. The van der Waals surface area contributed by atoms with Crippen LogP contribution >= 0.6 is 39.0 Å². The summed E-state index contributed by atoms with van der Waals surface area (Å²) in [6.45, 7) is 3.57. The van der Waals surface area contributed by atoms with Crippen molar-refractivity contribution in [3.05, 3.63) is 15.9 Å². The third-order valence-electron chi connectivity index (χ3n) is 0.899. The molecule has 0 saturated heterocycles. The minimum atomic E-state index is -0.676. The molecule has 62 valence electrons. The van der Waals surface area contributed by atoms with Crippen molar-refractivity contribution in [1.82, 2.24) is 0 Å². The second kappa shape index (κ2) is 3.47. The lowest BCUT2D eigenvalue weighted by Gasteiger charge is -2.13. The van der Waals surface area contributed by atoms with E-state index in [0.29, 0.717) is 0 Å². The molecule has 0 atom stereocenters. The van der Waals surface area contributed by atoms with E-state index < -0.39 is 4.93 Å². The molecular formula is C7H9BrOS2. The van der Waals surface area contributed by atoms with E-state index in [9.17, 15) is 5.11 Å². The average molecular weight is 253 g/mol. The third-order valence-corrected chi connectivity index (χ3v) is 3.65. The van der Waals surface area contributed by atoms with Gasteiger partial charge in [0, 0.05) is 0 Å². The highest BCUT2D eigenvalue weighted by atomic mass is 79.9. The standard InChI is InChI=1S/C7H9BrOS2/c1-7(2,9)11-6-4-3-5(8)10-6/h3-4,9H,1-2H3. The summed E-state index contributed by atoms with van der Waals surface area (Å²) in [6, 6.07) is 3.98. The fourth-order valence-electron chi connectivity index (χ4n) is 0.599. The van der Waals surface area contributed by atoms with Gasteiger partial charge in [0.05, 0.1) is 8.00 Å². The van der Waals surface area contributed by atoms with Crippen LogP contribution in [0.4, 0.5) is 0 Å². The Balaban J connectivity index is 2.65. The van der Waals surface area contributed by atoms with Crippen LogP contribution in [-0.4, -0.2) is 10.0 Å². The molecule has 1 rings (SSSR count). The molecule has 0 bridgehead atoms. The normalized spacial score (nSPS) is 12.0. The van der Waals surface area contributed by atoms with Gasteiger partial charge in [-0.05, 0) is 41.9 Å². The van der Waals surface area contributed by atoms with E-state index in [1.807, 2.05) is 12.1 Å². The molecule has 1 nitrogen and oxygen atoms in total. The molecule has 0 spiro atoms. The molecule has 1 aromatic heterocycles. The molecule has 0 aliphatic carbocycles. The lowest BCUT2D eigenvalue weighted by molar-refractivity contribution is 0.179. The third kappa shape index (κ3) is 3.60. The first-order valence-electron chi connectivity index (χ1n) is 3.14. The molecule has 1 heterocycles. The van der Waals surface area contributed by atoms with Crippen molar-refractivity contribution in [2.24, 2.45) is 0 Å². The zero-order valence-corrected chi connectivity index (χ0v) is 9.52. The van der Waals surface area contributed by atoms with Crippen LogP contribution in [0.3, 0.4) is 0 Å². The van der Waals surface area contributed by atoms with E-state index in [1.54, 1.807) is 25.2 Å². The molecule has 0 unspecified atom stereocenters. The van der Waals surface area contributed by atoms with Crippen molar-refractivity contribution in [2.45, 2.75) is 23.0 Å². The minimum absolute atomic E-state index is 0.676. The Morgan fingerprint density at radius 1 is 1.55 bits per heavy atom. The molecule has 0 aromatic carbocycles. The highest BCUT2D eigenvalue weighted by molar-refractivity contribution is 9.11. The second-order valence-electron chi connectivity index (χ2n) is 2.61. The number of halogens is 1. The van der Waals surface area contributed by atoms with Crippen LogP contribution in [0.15, 0.2) is 20.1 Å². The van der Waals surface area contributed by atoms with Gasteiger partial charge in [0.1, 0.15) is 4.93 Å². The smallest absolute Gasteiger partial charge is 0.110 e. The van der Waals surface area contributed by atoms with Crippen molar-refractivity contribution in [3.8, 4) is 0 Å². The number of thioether (sulfide) groups is 1. The van der Waals surface area contributed by atoms with Crippen molar-refractivity contribution in [3.63, 3.8) is 0 Å². The van der Waals surface area contributed by atoms with E-state index in [2.05, 4.69) is 15.9 Å². The zero-order valence-electron chi connectivity index (χ0n) is 6.30. The summed E-state index contributed by atoms with van der Waals surface area (Å²) in [4.78, 5) is -0.676. The van der Waals surface area contributed by atoms with Gasteiger partial charge in [0.15, 0.2) is 0 Å². The summed E-state index contributed by atoms with van der Waals surface area (Å²) in [5.41, 5.74) is 0. The molecule has 1 N–H and O–H groups in total. The first kappa shape index (κ1) is 9.58. The lowest BCUT2D eigenvalue weighted by Crippen LogP contribution is -2.10. The summed E-state index contributed by atoms with van der Waals surface area (Å²) in [7, 11) is 0. The summed E-state index contributed by atoms with van der Waals surface area (Å²) >= 11 is 6.46. The summed E-state index contributed by atoms with van der Waals surface area (Å²) in [5.74, 6) is 0. The van der Waals surface area contributed by atoms with E-state index in [0.717, 1.165) is 8.00 Å². The predicted molar refractivity (Wildman–Crippen MR) is 54.2 cm³/mol. The van der Waals surface area contributed by atoms with Crippen LogP contribution in [0, 0.1) is 0 Å². The number of hydrogen-bond donors (Lipinski definition) is 1. The van der Waals surface area contributed by atoms with E-state index in [1.165, 1.54) is 11.8 Å². The minimum Gasteiger partial charge on any atom is -0.380 e. The SMILES string of the molecule is CC(C)(O)Sc1ccc(Br)s1. The summed E-state index contributed by atoms with van der Waals surface area (Å²) < 4.78 is 2.23. The number of aliphatic hydroxyl groups is 1. The Morgan fingerprint density at radius 2 is 2.18 bits per heavy atom. The molecule has 11 heavy (non-hydrogen) atoms. The van der Waals surface area contributed by atoms with Gasteiger partial charge in [-0.25, -0.2) is 0 Å². The van der Waals surface area contributed by atoms with E-state index >= 15 is 0 Å². The molecule has 0 aliphatic rings. The Bertz CT molecular complexity index is 239. The van der Waals surface area contributed by atoms with Gasteiger partial charge in [0.2, 0.25) is 0 Å². The number of rotatable bonds is 2. The highest BCUT2D eigenvalue weighted by Gasteiger charge is 2.14. The van der Waals surface area contributed by atoms with Crippen molar-refractivity contribution >= 4 is 39.0 Å². The zero-order chi connectivity index (χ0) is 8.48. The molecule has 1 aromatic rings. The number of hydrogen-bond acceptors (Lipinski definition) is 3. The van der Waals surface area contributed by atoms with Gasteiger partial charge < -0.3 is 5.11 Å². The summed E-state index contributed by atoms with van der Waals surface area (Å²) in [5, 5.41) is 9.43. The molecule has 4 heteroatoms. The van der Waals surface area contributed by atoms with Gasteiger partial charge in [-0.1, -0.05) is 11.8 Å². The van der Waals surface area contributed by atoms with Gasteiger partial charge in [-0.3, -0.25) is 0 Å². The van der Waals surface area contributed by atoms with E-state index in [-0.39, 0.29) is 0 Å². The Labute approximate surface area is 83.0 Å². The maximum absolute atomic E-state index is 9.43.